The SMILES string of the molecule is COC(=O)c1ccccc1N(CCC(=O)Nc1cccc(C(C)=O)c1)C(C)=O. The highest BCUT2D eigenvalue weighted by Crippen LogP contribution is 2.22. The average molecular weight is 382 g/mol. The summed E-state index contributed by atoms with van der Waals surface area (Å²) in [4.78, 5) is 49.2. The van der Waals surface area contributed by atoms with Gasteiger partial charge in [-0.15, -0.1) is 0 Å². The number of esters is 1. The first-order valence-electron chi connectivity index (χ1n) is 8.69. The van der Waals surface area contributed by atoms with E-state index in [1.54, 1.807) is 48.5 Å². The minimum Gasteiger partial charge on any atom is -0.465 e. The maximum absolute atomic E-state index is 12.3. The molecule has 7 nitrogen and oxygen atoms in total. The van der Waals surface area contributed by atoms with Crippen molar-refractivity contribution in [2.75, 3.05) is 23.9 Å². The second kappa shape index (κ2) is 9.45. The van der Waals surface area contributed by atoms with Crippen LogP contribution in [0.25, 0.3) is 0 Å². The smallest absolute Gasteiger partial charge is 0.339 e. The Bertz CT molecular complexity index is 907. The van der Waals surface area contributed by atoms with E-state index in [1.165, 1.54) is 25.9 Å². The highest BCUT2D eigenvalue weighted by Gasteiger charge is 2.20. The molecule has 146 valence electrons. The quantitative estimate of drug-likeness (QED) is 0.587. The number of Topliss-reactive ketones (excluding diaryl/α,β-unsaturated/α-hetero) is 1. The lowest BCUT2D eigenvalue weighted by atomic mass is 10.1. The third kappa shape index (κ3) is 5.26. The molecule has 0 heterocycles. The van der Waals surface area contributed by atoms with E-state index < -0.39 is 5.97 Å². The molecule has 2 amide bonds. The molecule has 0 saturated carbocycles. The summed E-state index contributed by atoms with van der Waals surface area (Å²) >= 11 is 0. The fourth-order valence-electron chi connectivity index (χ4n) is 2.69. The van der Waals surface area contributed by atoms with E-state index in [0.29, 0.717) is 16.9 Å². The number of carbonyl (C=O) groups excluding carboxylic acids is 4. The molecule has 0 radical (unpaired) electrons. The van der Waals surface area contributed by atoms with Gasteiger partial charge in [-0.3, -0.25) is 14.4 Å². The molecule has 0 saturated heterocycles. The summed E-state index contributed by atoms with van der Waals surface area (Å²) < 4.78 is 4.76. The number of hydrogen-bond acceptors (Lipinski definition) is 5. The molecule has 0 aliphatic carbocycles. The Morgan fingerprint density at radius 2 is 1.71 bits per heavy atom. The molecule has 2 rings (SSSR count). The van der Waals surface area contributed by atoms with E-state index in [-0.39, 0.29) is 36.1 Å². The lowest BCUT2D eigenvalue weighted by molar-refractivity contribution is -0.117. The molecule has 2 aromatic rings. The standard InChI is InChI=1S/C21H22N2O5/c1-14(24)16-7-6-8-17(13-16)22-20(26)11-12-23(15(2)25)19-10-5-4-9-18(19)21(27)28-3/h4-10,13H,11-12H2,1-3H3,(H,22,26). The number of amides is 2. The van der Waals surface area contributed by atoms with Crippen LogP contribution in [0.3, 0.4) is 0 Å². The van der Waals surface area contributed by atoms with Crippen LogP contribution in [0.1, 0.15) is 41.0 Å². The number of hydrogen-bond donors (Lipinski definition) is 1. The lowest BCUT2D eigenvalue weighted by Crippen LogP contribution is -2.33. The molecule has 1 N–H and O–H groups in total. The molecule has 0 unspecified atom stereocenters. The minimum atomic E-state index is -0.563. The topological polar surface area (TPSA) is 92.8 Å². The molecule has 0 fully saturated rings. The van der Waals surface area contributed by atoms with E-state index >= 15 is 0 Å². The van der Waals surface area contributed by atoms with E-state index in [1.807, 2.05) is 0 Å². The van der Waals surface area contributed by atoms with Crippen LogP contribution in [0.4, 0.5) is 11.4 Å². The average Bonchev–Trinajstić information content (AvgIpc) is 2.67. The van der Waals surface area contributed by atoms with Crippen molar-refractivity contribution in [3.8, 4) is 0 Å². The van der Waals surface area contributed by atoms with Crippen LogP contribution in [-0.2, 0) is 14.3 Å². The van der Waals surface area contributed by atoms with Crippen molar-refractivity contribution >= 4 is 34.9 Å². The Morgan fingerprint density at radius 1 is 1.00 bits per heavy atom. The number of ketones is 1. The predicted molar refractivity (Wildman–Crippen MR) is 106 cm³/mol. The first-order valence-corrected chi connectivity index (χ1v) is 8.69. The normalized spacial score (nSPS) is 10.1. The molecular formula is C21H22N2O5. The van der Waals surface area contributed by atoms with Gasteiger partial charge in [0.2, 0.25) is 11.8 Å². The molecule has 2 aromatic carbocycles. The highest BCUT2D eigenvalue weighted by atomic mass is 16.5. The summed E-state index contributed by atoms with van der Waals surface area (Å²) in [5, 5.41) is 2.71. The largest absolute Gasteiger partial charge is 0.465 e. The first-order chi connectivity index (χ1) is 13.3. The fraction of sp³-hybridized carbons (Fsp3) is 0.238. The van der Waals surface area contributed by atoms with Gasteiger partial charge in [-0.05, 0) is 31.2 Å². The Kier molecular flexibility index (Phi) is 7.03. The van der Waals surface area contributed by atoms with E-state index in [9.17, 15) is 19.2 Å². The van der Waals surface area contributed by atoms with Gasteiger partial charge in [0.15, 0.2) is 5.78 Å². The van der Waals surface area contributed by atoms with Crippen LogP contribution in [0, 0.1) is 0 Å². The van der Waals surface area contributed by atoms with Gasteiger partial charge in [0.25, 0.3) is 0 Å². The third-order valence-corrected chi connectivity index (χ3v) is 4.10. The molecule has 0 aliphatic heterocycles. The maximum atomic E-state index is 12.3. The molecule has 7 heteroatoms. The zero-order valence-electron chi connectivity index (χ0n) is 16.0. The van der Waals surface area contributed by atoms with E-state index in [4.69, 9.17) is 4.74 Å². The van der Waals surface area contributed by atoms with Crippen LogP contribution >= 0.6 is 0 Å². The minimum absolute atomic E-state index is 0.0133. The van der Waals surface area contributed by atoms with Gasteiger partial charge in [-0.2, -0.15) is 0 Å². The summed E-state index contributed by atoms with van der Waals surface area (Å²) in [7, 11) is 1.26. The van der Waals surface area contributed by atoms with Crippen LogP contribution < -0.4 is 10.2 Å². The van der Waals surface area contributed by atoms with Crippen molar-refractivity contribution < 1.29 is 23.9 Å². The second-order valence-corrected chi connectivity index (χ2v) is 6.11. The predicted octanol–water partition coefficient (Wildman–Crippen LogP) is 3.06. The Morgan fingerprint density at radius 3 is 2.36 bits per heavy atom. The number of carbonyl (C=O) groups is 4. The van der Waals surface area contributed by atoms with Crippen LogP contribution in [-0.4, -0.2) is 37.2 Å². The summed E-state index contributed by atoms with van der Waals surface area (Å²) in [6.07, 6.45) is 0.0133. The molecule has 28 heavy (non-hydrogen) atoms. The van der Waals surface area contributed by atoms with Crippen molar-refractivity contribution in [3.63, 3.8) is 0 Å². The van der Waals surface area contributed by atoms with Gasteiger partial charge in [-0.25, -0.2) is 4.79 Å². The summed E-state index contributed by atoms with van der Waals surface area (Å²) in [5.74, 6) is -1.28. The van der Waals surface area contributed by atoms with Gasteiger partial charge >= 0.3 is 5.97 Å². The van der Waals surface area contributed by atoms with Gasteiger partial charge in [-0.1, -0.05) is 24.3 Å². The van der Waals surface area contributed by atoms with Crippen molar-refractivity contribution in [3.05, 3.63) is 59.7 Å². The molecular weight excluding hydrogens is 360 g/mol. The monoisotopic (exact) mass is 382 g/mol. The number of nitrogens with one attached hydrogen (secondary N) is 1. The van der Waals surface area contributed by atoms with Gasteiger partial charge in [0, 0.05) is 31.1 Å². The van der Waals surface area contributed by atoms with Crippen molar-refractivity contribution in [2.45, 2.75) is 20.3 Å². The third-order valence-electron chi connectivity index (χ3n) is 4.10. The summed E-state index contributed by atoms with van der Waals surface area (Å²) in [5.41, 5.74) is 1.63. The van der Waals surface area contributed by atoms with Crippen molar-refractivity contribution in [2.24, 2.45) is 0 Å². The molecule has 0 bridgehead atoms. The zero-order valence-corrected chi connectivity index (χ0v) is 16.0. The van der Waals surface area contributed by atoms with Crippen LogP contribution in [0.5, 0.6) is 0 Å². The second-order valence-electron chi connectivity index (χ2n) is 6.11. The van der Waals surface area contributed by atoms with Gasteiger partial charge in [0.05, 0.1) is 18.4 Å². The number of methoxy groups -OCH3 is 1. The number of rotatable bonds is 7. The molecule has 0 atom stereocenters. The first kappa shape index (κ1) is 20.8. The van der Waals surface area contributed by atoms with Crippen LogP contribution in [0.2, 0.25) is 0 Å². The fourth-order valence-corrected chi connectivity index (χ4v) is 2.69. The Hall–Kier alpha value is -3.48. The maximum Gasteiger partial charge on any atom is 0.339 e. The number of para-hydroxylation sites is 1. The summed E-state index contributed by atoms with van der Waals surface area (Å²) in [6.45, 7) is 2.90. The van der Waals surface area contributed by atoms with E-state index in [0.717, 1.165) is 0 Å². The number of nitrogens with zero attached hydrogens (tertiary/aromatic N) is 1. The van der Waals surface area contributed by atoms with Crippen LogP contribution in [0.15, 0.2) is 48.5 Å². The van der Waals surface area contributed by atoms with E-state index in [2.05, 4.69) is 5.32 Å². The van der Waals surface area contributed by atoms with Gasteiger partial charge in [0.1, 0.15) is 0 Å². The van der Waals surface area contributed by atoms with Gasteiger partial charge < -0.3 is 15.0 Å². The Labute approximate surface area is 163 Å². The van der Waals surface area contributed by atoms with Crippen molar-refractivity contribution in [1.82, 2.24) is 0 Å². The number of ether oxygens (including phenoxy) is 1. The lowest BCUT2D eigenvalue weighted by Gasteiger charge is -2.23. The Balaban J connectivity index is 2.11. The summed E-state index contributed by atoms with van der Waals surface area (Å²) in [6, 6.07) is 13.2. The zero-order chi connectivity index (χ0) is 20.7. The van der Waals surface area contributed by atoms with Crippen molar-refractivity contribution in [1.29, 1.82) is 0 Å². The molecule has 0 aromatic heterocycles. The number of anilines is 2. The highest BCUT2D eigenvalue weighted by molar-refractivity contribution is 6.02. The number of benzene rings is 2. The molecule has 0 spiro atoms. The molecule has 0 aliphatic rings.